The maximum atomic E-state index is 9.95. The summed E-state index contributed by atoms with van der Waals surface area (Å²) in [5.41, 5.74) is 1.74. The van der Waals surface area contributed by atoms with Gasteiger partial charge in [-0.2, -0.15) is 4.99 Å². The zero-order valence-electron chi connectivity index (χ0n) is 6.02. The summed E-state index contributed by atoms with van der Waals surface area (Å²) in [5.74, 6) is 0. The maximum Gasteiger partial charge on any atom is 0.240 e. The lowest BCUT2D eigenvalue weighted by Crippen LogP contribution is -1.90. The van der Waals surface area contributed by atoms with Crippen LogP contribution in [0.4, 0.5) is 5.30 Å². The molecule has 0 N–H and O–H groups in total. The van der Waals surface area contributed by atoms with E-state index in [4.69, 9.17) is 0 Å². The topological polar surface area (TPSA) is 58.9 Å². The smallest absolute Gasteiger partial charge is 0.215 e. The molecule has 0 atom stereocenters. The molecule has 0 saturated carbocycles. The number of nitrogens with zero attached hydrogens (tertiary/aromatic N) is 2. The second-order valence-corrected chi connectivity index (χ2v) is 3.73. The Morgan fingerprint density at radius 3 is 2.75 bits per heavy atom. The van der Waals surface area contributed by atoms with Crippen LogP contribution in [-0.4, -0.2) is 20.7 Å². The van der Waals surface area contributed by atoms with Crippen molar-refractivity contribution in [3.05, 3.63) is 23.9 Å². The first kappa shape index (κ1) is 8.42. The normalized spacial score (nSPS) is 8.00. The quantitative estimate of drug-likeness (QED) is 0.380. The Morgan fingerprint density at radius 2 is 2.08 bits per heavy atom. The molecule has 1 aromatic rings. The van der Waals surface area contributed by atoms with Gasteiger partial charge in [-0.05, 0) is 6.07 Å². The van der Waals surface area contributed by atoms with E-state index < -0.39 is 8.56 Å². The van der Waals surface area contributed by atoms with Crippen molar-refractivity contribution in [2.24, 2.45) is 9.65 Å². The Labute approximate surface area is 69.9 Å². The molecule has 58 valence electrons. The van der Waals surface area contributed by atoms with Gasteiger partial charge < -0.3 is 0 Å². The number of hydrogen-bond donors (Lipinski definition) is 0. The summed E-state index contributed by atoms with van der Waals surface area (Å²) in [6.45, 7) is 0. The van der Waals surface area contributed by atoms with Gasteiger partial charge in [-0.25, -0.2) is 14.2 Å². The minimum absolute atomic E-state index is 0.501. The van der Waals surface area contributed by atoms with Crippen molar-refractivity contribution in [3.8, 4) is 0 Å². The molecule has 0 aromatic carbocycles. The van der Waals surface area contributed by atoms with Gasteiger partial charge in [0.05, 0.1) is 5.30 Å². The zero-order chi connectivity index (χ0) is 8.81. The summed E-state index contributed by atoms with van der Waals surface area (Å²) >= 11 is 0. The first-order valence-electron chi connectivity index (χ1n) is 3.13. The summed E-state index contributed by atoms with van der Waals surface area (Å²) in [7, 11) is -1.48. The Bertz CT molecular complexity index is 342. The van der Waals surface area contributed by atoms with E-state index in [0.717, 1.165) is 0 Å². The molecule has 0 aliphatic heterocycles. The van der Waals surface area contributed by atoms with Crippen LogP contribution in [0, 0.1) is 0 Å². The standard InChI is InChI=1S/C7H4N2O2Si/c10-5-8-7-3-1-2-4-12(7)9-6-11/h1-4H. The highest BCUT2D eigenvalue weighted by molar-refractivity contribution is 6.57. The molecule has 1 aromatic heterocycles. The molecule has 0 unspecified atom stereocenters. The molecule has 0 aliphatic carbocycles. The molecule has 0 radical (unpaired) electrons. The summed E-state index contributed by atoms with van der Waals surface area (Å²) in [5, 5.41) is 0.501. The summed E-state index contributed by atoms with van der Waals surface area (Å²) < 4.78 is 3.53. The van der Waals surface area contributed by atoms with E-state index in [-0.39, 0.29) is 0 Å². The van der Waals surface area contributed by atoms with Crippen LogP contribution in [0.25, 0.3) is 0 Å². The predicted molar refractivity (Wildman–Crippen MR) is 43.7 cm³/mol. The van der Waals surface area contributed by atoms with Crippen LogP contribution in [0.1, 0.15) is 0 Å². The summed E-state index contributed by atoms with van der Waals surface area (Å²) in [6, 6.07) is 5.13. The van der Waals surface area contributed by atoms with E-state index in [1.807, 2.05) is 0 Å². The van der Waals surface area contributed by atoms with Crippen molar-refractivity contribution in [1.82, 2.24) is 0 Å². The van der Waals surface area contributed by atoms with Crippen LogP contribution in [0.2, 0.25) is 0 Å². The van der Waals surface area contributed by atoms with Crippen molar-refractivity contribution in [3.63, 3.8) is 0 Å². The van der Waals surface area contributed by atoms with E-state index in [1.165, 1.54) is 12.2 Å². The fraction of sp³-hybridized carbons (Fsp3) is 0. The van der Waals surface area contributed by atoms with Gasteiger partial charge in [-0.1, -0.05) is 17.8 Å². The van der Waals surface area contributed by atoms with Gasteiger partial charge in [0.25, 0.3) is 0 Å². The number of aliphatic imine (C=N–C) groups is 1. The van der Waals surface area contributed by atoms with Crippen LogP contribution < -0.4 is 0 Å². The van der Waals surface area contributed by atoms with Gasteiger partial charge in [-0.3, -0.25) is 0 Å². The number of carbonyl (C=O) groups excluding carboxylic acids is 2. The van der Waals surface area contributed by atoms with Gasteiger partial charge in [-0.15, -0.1) is 0 Å². The van der Waals surface area contributed by atoms with Gasteiger partial charge in [0.2, 0.25) is 20.7 Å². The lowest BCUT2D eigenvalue weighted by Gasteiger charge is -1.91. The lowest BCUT2D eigenvalue weighted by atomic mass is 10.5. The predicted octanol–water partition coefficient (Wildman–Crippen LogP) is 0.778. The molecule has 12 heavy (non-hydrogen) atoms. The molecule has 0 amide bonds. The van der Waals surface area contributed by atoms with E-state index in [2.05, 4.69) is 9.65 Å². The van der Waals surface area contributed by atoms with Crippen molar-refractivity contribution in [2.75, 3.05) is 0 Å². The van der Waals surface area contributed by atoms with E-state index >= 15 is 0 Å². The fourth-order valence-electron chi connectivity index (χ4n) is 0.752. The van der Waals surface area contributed by atoms with E-state index in [1.54, 1.807) is 23.9 Å². The molecular weight excluding hydrogens is 172 g/mol. The number of isocyanates is 2. The Balaban J connectivity index is 3.25. The fourth-order valence-corrected chi connectivity index (χ4v) is 1.93. The summed E-state index contributed by atoms with van der Waals surface area (Å²) in [6.07, 6.45) is 2.86. The lowest BCUT2D eigenvalue weighted by molar-refractivity contribution is 0.564. The molecule has 0 fully saturated rings. The Hall–Kier alpha value is -1.67. The molecule has 0 spiro atoms. The highest BCUT2D eigenvalue weighted by Gasteiger charge is 1.98. The molecular formula is C7H4N2O2Si. The molecule has 1 rings (SSSR count). The third-order valence-electron chi connectivity index (χ3n) is 1.21. The monoisotopic (exact) mass is 176 g/mol. The molecule has 4 nitrogen and oxygen atoms in total. The van der Waals surface area contributed by atoms with Gasteiger partial charge in [0.15, 0.2) is 0 Å². The Morgan fingerprint density at radius 1 is 1.25 bits per heavy atom. The van der Waals surface area contributed by atoms with E-state index in [0.29, 0.717) is 5.30 Å². The second-order valence-electron chi connectivity index (χ2n) is 1.89. The SMILES string of the molecule is O=C=Nc1cccc[si]1N=C=O. The first-order valence-corrected chi connectivity index (χ1v) is 4.65. The van der Waals surface area contributed by atoms with Gasteiger partial charge in [0, 0.05) is 0 Å². The van der Waals surface area contributed by atoms with Crippen LogP contribution in [0.5, 0.6) is 0 Å². The Kier molecular flexibility index (Phi) is 2.99. The van der Waals surface area contributed by atoms with Crippen LogP contribution in [-0.2, 0) is 9.59 Å². The largest absolute Gasteiger partial charge is 0.240 e. The number of rotatable bonds is 2. The van der Waals surface area contributed by atoms with Crippen LogP contribution >= 0.6 is 0 Å². The van der Waals surface area contributed by atoms with Crippen molar-refractivity contribution >= 4 is 26.0 Å². The first-order chi connectivity index (χ1) is 5.88. The van der Waals surface area contributed by atoms with Crippen molar-refractivity contribution in [2.45, 2.75) is 0 Å². The minimum atomic E-state index is -1.48. The molecule has 0 bridgehead atoms. The molecule has 0 saturated heterocycles. The van der Waals surface area contributed by atoms with Gasteiger partial charge in [0.1, 0.15) is 0 Å². The third-order valence-corrected chi connectivity index (χ3v) is 2.86. The highest BCUT2D eigenvalue weighted by atomic mass is 28.2. The molecule has 1 heterocycles. The zero-order valence-corrected chi connectivity index (χ0v) is 7.02. The number of hydrogen-bond acceptors (Lipinski definition) is 4. The van der Waals surface area contributed by atoms with Crippen LogP contribution in [0.3, 0.4) is 0 Å². The van der Waals surface area contributed by atoms with Gasteiger partial charge >= 0.3 is 0 Å². The van der Waals surface area contributed by atoms with E-state index in [9.17, 15) is 9.59 Å². The second kappa shape index (κ2) is 4.26. The average Bonchev–Trinajstić information content (AvgIpc) is 2.09. The molecule has 5 heteroatoms. The summed E-state index contributed by atoms with van der Waals surface area (Å²) in [4.78, 5) is 23.3. The third kappa shape index (κ3) is 1.90. The minimum Gasteiger partial charge on any atom is -0.215 e. The van der Waals surface area contributed by atoms with Crippen molar-refractivity contribution < 1.29 is 9.59 Å². The average molecular weight is 176 g/mol. The molecule has 0 aliphatic rings. The van der Waals surface area contributed by atoms with Crippen molar-refractivity contribution in [1.29, 1.82) is 0 Å². The maximum absolute atomic E-state index is 9.95. The van der Waals surface area contributed by atoms with Crippen LogP contribution in [0.15, 0.2) is 33.5 Å². The highest BCUT2D eigenvalue weighted by Crippen LogP contribution is 2.08.